The van der Waals surface area contributed by atoms with Crippen LogP contribution in [0.3, 0.4) is 0 Å². The Kier molecular flexibility index (Phi) is 2.32. The van der Waals surface area contributed by atoms with Gasteiger partial charge in [0.2, 0.25) is 0 Å². The van der Waals surface area contributed by atoms with Gasteiger partial charge in [0.25, 0.3) is 0 Å². The molecule has 0 saturated carbocycles. The summed E-state index contributed by atoms with van der Waals surface area (Å²) in [5, 5.41) is 0. The van der Waals surface area contributed by atoms with Crippen LogP contribution >= 0.6 is 0 Å². The first-order chi connectivity index (χ1) is 4.67. The van der Waals surface area contributed by atoms with E-state index in [0.29, 0.717) is 5.92 Å². The molecule has 2 heteroatoms. The molecule has 0 spiro atoms. The maximum Gasteiger partial charge on any atom is 0.0666 e. The van der Waals surface area contributed by atoms with Gasteiger partial charge in [0.15, 0.2) is 0 Å². The highest BCUT2D eigenvalue weighted by molar-refractivity contribution is 4.83. The molecular weight excluding hydrogens is 126 g/mol. The normalized spacial score (nSPS) is 32.1. The summed E-state index contributed by atoms with van der Waals surface area (Å²) in [6.45, 7) is 5.92. The molecular formula is C8H17NO. The van der Waals surface area contributed by atoms with E-state index in [0.717, 1.165) is 13.2 Å². The summed E-state index contributed by atoms with van der Waals surface area (Å²) < 4.78 is 5.59. The van der Waals surface area contributed by atoms with Gasteiger partial charge in [-0.3, -0.25) is 0 Å². The molecule has 1 fully saturated rings. The molecule has 1 heterocycles. The maximum atomic E-state index is 5.60. The summed E-state index contributed by atoms with van der Waals surface area (Å²) in [7, 11) is 0. The van der Waals surface area contributed by atoms with Gasteiger partial charge in [-0.25, -0.2) is 0 Å². The fourth-order valence-corrected chi connectivity index (χ4v) is 1.53. The third-order valence-corrected chi connectivity index (χ3v) is 2.44. The van der Waals surface area contributed by atoms with Crippen LogP contribution in [0.25, 0.3) is 0 Å². The van der Waals surface area contributed by atoms with Crippen LogP contribution in [-0.2, 0) is 4.74 Å². The Hall–Kier alpha value is -0.0800. The Bertz CT molecular complexity index is 112. The van der Waals surface area contributed by atoms with E-state index in [9.17, 15) is 0 Å². The van der Waals surface area contributed by atoms with Crippen molar-refractivity contribution < 1.29 is 4.74 Å². The van der Waals surface area contributed by atoms with E-state index in [1.807, 2.05) is 0 Å². The number of ether oxygens (including phenoxy) is 1. The highest BCUT2D eigenvalue weighted by atomic mass is 16.5. The number of hydrogen-bond acceptors (Lipinski definition) is 2. The zero-order valence-corrected chi connectivity index (χ0v) is 6.89. The van der Waals surface area contributed by atoms with Crippen LogP contribution in [0.15, 0.2) is 0 Å². The second-order valence-electron chi connectivity index (χ2n) is 3.53. The van der Waals surface area contributed by atoms with E-state index in [4.69, 9.17) is 10.5 Å². The maximum absolute atomic E-state index is 5.60. The van der Waals surface area contributed by atoms with Crippen molar-refractivity contribution in [1.82, 2.24) is 0 Å². The smallest absolute Gasteiger partial charge is 0.0666 e. The lowest BCUT2D eigenvalue weighted by molar-refractivity contribution is -0.0902. The summed E-state index contributed by atoms with van der Waals surface area (Å²) in [4.78, 5) is 0. The Balaban J connectivity index is 2.51. The minimum absolute atomic E-state index is 0.0208. The van der Waals surface area contributed by atoms with Crippen molar-refractivity contribution in [3.8, 4) is 0 Å². The summed E-state index contributed by atoms with van der Waals surface area (Å²) in [5.41, 5.74) is 5.62. The van der Waals surface area contributed by atoms with E-state index < -0.39 is 0 Å². The Labute approximate surface area is 62.7 Å². The predicted octanol–water partition coefficient (Wildman–Crippen LogP) is 1.15. The molecule has 10 heavy (non-hydrogen) atoms. The Morgan fingerprint density at radius 2 is 2.30 bits per heavy atom. The van der Waals surface area contributed by atoms with Crippen LogP contribution in [0.5, 0.6) is 0 Å². The second-order valence-corrected chi connectivity index (χ2v) is 3.53. The van der Waals surface area contributed by atoms with Crippen LogP contribution in [0.2, 0.25) is 0 Å². The zero-order chi connectivity index (χ0) is 7.61. The number of nitrogens with two attached hydrogens (primary N) is 1. The van der Waals surface area contributed by atoms with Crippen LogP contribution in [-0.4, -0.2) is 18.8 Å². The molecule has 0 aliphatic carbocycles. The van der Waals surface area contributed by atoms with E-state index >= 15 is 0 Å². The van der Waals surface area contributed by atoms with Gasteiger partial charge in [-0.05, 0) is 39.2 Å². The zero-order valence-electron chi connectivity index (χ0n) is 6.89. The largest absolute Gasteiger partial charge is 0.375 e. The Morgan fingerprint density at radius 1 is 1.60 bits per heavy atom. The molecule has 1 aliphatic heterocycles. The van der Waals surface area contributed by atoms with E-state index in [-0.39, 0.29) is 5.60 Å². The number of hydrogen-bond donors (Lipinski definition) is 1. The van der Waals surface area contributed by atoms with Gasteiger partial charge >= 0.3 is 0 Å². The van der Waals surface area contributed by atoms with Crippen molar-refractivity contribution in [1.29, 1.82) is 0 Å². The molecule has 2 N–H and O–H groups in total. The van der Waals surface area contributed by atoms with Gasteiger partial charge in [-0.2, -0.15) is 0 Å². The van der Waals surface area contributed by atoms with Crippen molar-refractivity contribution in [3.05, 3.63) is 0 Å². The Morgan fingerprint density at radius 3 is 2.70 bits per heavy atom. The van der Waals surface area contributed by atoms with Gasteiger partial charge < -0.3 is 10.5 Å². The van der Waals surface area contributed by atoms with E-state index in [2.05, 4.69) is 13.8 Å². The highest BCUT2D eigenvalue weighted by Crippen LogP contribution is 2.29. The van der Waals surface area contributed by atoms with Gasteiger partial charge in [0.1, 0.15) is 0 Å². The predicted molar refractivity (Wildman–Crippen MR) is 41.8 cm³/mol. The molecule has 1 saturated heterocycles. The van der Waals surface area contributed by atoms with Crippen molar-refractivity contribution in [2.75, 3.05) is 13.2 Å². The first kappa shape index (κ1) is 8.02. The molecule has 1 atom stereocenters. The van der Waals surface area contributed by atoms with Crippen molar-refractivity contribution >= 4 is 0 Å². The summed E-state index contributed by atoms with van der Waals surface area (Å²) in [6, 6.07) is 0. The lowest BCUT2D eigenvalue weighted by atomic mass is 9.85. The topological polar surface area (TPSA) is 35.2 Å². The molecule has 1 unspecified atom stereocenters. The third kappa shape index (κ3) is 1.50. The molecule has 0 amide bonds. The molecule has 0 aromatic rings. The minimum atomic E-state index is 0.0208. The SMILES string of the molecule is CC1(C)OCCCC1CN. The molecule has 60 valence electrons. The van der Waals surface area contributed by atoms with Crippen LogP contribution in [0.4, 0.5) is 0 Å². The number of rotatable bonds is 1. The fraction of sp³-hybridized carbons (Fsp3) is 1.00. The molecule has 1 rings (SSSR count). The first-order valence-electron chi connectivity index (χ1n) is 4.01. The summed E-state index contributed by atoms with van der Waals surface area (Å²) >= 11 is 0. The van der Waals surface area contributed by atoms with Gasteiger partial charge in [0.05, 0.1) is 5.60 Å². The quantitative estimate of drug-likeness (QED) is 0.597. The van der Waals surface area contributed by atoms with Crippen LogP contribution in [0, 0.1) is 5.92 Å². The third-order valence-electron chi connectivity index (χ3n) is 2.44. The van der Waals surface area contributed by atoms with Gasteiger partial charge in [-0.15, -0.1) is 0 Å². The van der Waals surface area contributed by atoms with Crippen molar-refractivity contribution in [2.45, 2.75) is 32.3 Å². The average Bonchev–Trinajstić information content (AvgIpc) is 1.87. The standard InChI is InChI=1S/C8H17NO/c1-8(2)7(6-9)4-3-5-10-8/h7H,3-6,9H2,1-2H3. The lowest BCUT2D eigenvalue weighted by Crippen LogP contribution is -2.42. The molecule has 2 nitrogen and oxygen atoms in total. The van der Waals surface area contributed by atoms with E-state index in [1.165, 1.54) is 12.8 Å². The summed E-state index contributed by atoms with van der Waals surface area (Å²) in [5.74, 6) is 0.557. The first-order valence-corrected chi connectivity index (χ1v) is 4.01. The highest BCUT2D eigenvalue weighted by Gasteiger charge is 2.31. The van der Waals surface area contributed by atoms with Crippen molar-refractivity contribution in [2.24, 2.45) is 11.7 Å². The van der Waals surface area contributed by atoms with Crippen molar-refractivity contribution in [3.63, 3.8) is 0 Å². The fourth-order valence-electron chi connectivity index (χ4n) is 1.53. The molecule has 0 aromatic carbocycles. The monoisotopic (exact) mass is 143 g/mol. The van der Waals surface area contributed by atoms with Gasteiger partial charge in [0, 0.05) is 6.61 Å². The van der Waals surface area contributed by atoms with Crippen LogP contribution in [0.1, 0.15) is 26.7 Å². The lowest BCUT2D eigenvalue weighted by Gasteiger charge is -2.37. The summed E-state index contributed by atoms with van der Waals surface area (Å²) in [6.07, 6.45) is 2.40. The minimum Gasteiger partial charge on any atom is -0.375 e. The van der Waals surface area contributed by atoms with Gasteiger partial charge in [-0.1, -0.05) is 0 Å². The average molecular weight is 143 g/mol. The molecule has 1 aliphatic rings. The molecule has 0 radical (unpaired) electrons. The second kappa shape index (κ2) is 2.89. The van der Waals surface area contributed by atoms with Crippen LogP contribution < -0.4 is 5.73 Å². The molecule has 0 aromatic heterocycles. The molecule has 0 bridgehead atoms. The van der Waals surface area contributed by atoms with E-state index in [1.54, 1.807) is 0 Å².